The largest absolute Gasteiger partial charge is 0.309 e. The van der Waals surface area contributed by atoms with Crippen LogP contribution in [0.15, 0.2) is 194 Å². The zero-order valence-electron chi connectivity index (χ0n) is 29.1. The third-order valence-corrected chi connectivity index (χ3v) is 14.8. The van der Waals surface area contributed by atoms with Gasteiger partial charge in [0, 0.05) is 48.0 Å². The van der Waals surface area contributed by atoms with Gasteiger partial charge in [0.05, 0.1) is 27.7 Å². The molecule has 54 heavy (non-hydrogen) atoms. The van der Waals surface area contributed by atoms with E-state index in [9.17, 15) is 0 Å². The zero-order chi connectivity index (χ0) is 35.8. The predicted octanol–water partition coefficient (Wildman–Crippen LogP) is 13.6. The fourth-order valence-corrected chi connectivity index (χ4v) is 12.4. The first-order valence-electron chi connectivity index (χ1n) is 18.1. The Morgan fingerprint density at radius 3 is 1.70 bits per heavy atom. The molecule has 2 aromatic heterocycles. The molecular weight excluding hydrogens is 698 g/mol. The van der Waals surface area contributed by atoms with Crippen molar-refractivity contribution in [2.75, 3.05) is 9.34 Å². The molecule has 10 aromatic rings. The molecule has 0 spiro atoms. The maximum Gasteiger partial charge on any atom is 0.301 e. The van der Waals surface area contributed by atoms with Gasteiger partial charge in [0.2, 0.25) is 0 Å². The maximum atomic E-state index is 16.0. The number of hydrogen-bond donors (Lipinski definition) is 0. The second-order valence-corrected chi connectivity index (χ2v) is 17.2. The second kappa shape index (κ2) is 12.1. The summed E-state index contributed by atoms with van der Waals surface area (Å²) in [6.07, 6.45) is 0. The van der Waals surface area contributed by atoms with E-state index in [1.165, 1.54) is 42.0 Å². The van der Waals surface area contributed by atoms with Crippen LogP contribution < -0.4 is 14.6 Å². The second-order valence-electron chi connectivity index (χ2n) is 13.7. The van der Waals surface area contributed by atoms with E-state index in [1.807, 2.05) is 107 Å². The van der Waals surface area contributed by atoms with Gasteiger partial charge in [0.1, 0.15) is 0 Å². The Morgan fingerprint density at radius 2 is 0.981 bits per heavy atom. The van der Waals surface area contributed by atoms with Gasteiger partial charge in [0.15, 0.2) is 0 Å². The van der Waals surface area contributed by atoms with Crippen molar-refractivity contribution in [2.45, 2.75) is 0 Å². The summed E-state index contributed by atoms with van der Waals surface area (Å²) >= 11 is 1.85. The number of hydrogen-bond acceptors (Lipinski definition) is 2. The normalized spacial score (nSPS) is 15.5. The summed E-state index contributed by atoms with van der Waals surface area (Å²) in [4.78, 5) is 0. The molecule has 8 aromatic carbocycles. The van der Waals surface area contributed by atoms with Gasteiger partial charge >= 0.3 is 7.44 Å². The maximum absolute atomic E-state index is 16.0. The van der Waals surface area contributed by atoms with Gasteiger partial charge in [-0.3, -0.25) is 13.9 Å². The standard InChI is InChI=1S/C48H32N3OPS/c52-53(38-18-8-3-9-19-38)50(36-14-4-1-5-15-36)44-29-26-34(30-46(44)51(53)37-16-6-2-7-17-37)33-24-27-35(28-25-33)49-43-22-12-10-20-39(43)41-31-42-40-21-11-13-23-47(40)54-48(42)32-45(41)49/h1-32H. The Kier molecular flexibility index (Phi) is 6.97. The molecular formula is C48H32N3OPS. The first-order valence-corrected chi connectivity index (χ1v) is 20.6. The molecule has 0 N–H and O–H groups in total. The van der Waals surface area contributed by atoms with Gasteiger partial charge < -0.3 is 4.57 Å². The Morgan fingerprint density at radius 1 is 0.389 bits per heavy atom. The van der Waals surface area contributed by atoms with Gasteiger partial charge in [-0.25, -0.2) is 0 Å². The average molecular weight is 730 g/mol. The summed E-state index contributed by atoms with van der Waals surface area (Å²) < 4.78 is 25.1. The predicted molar refractivity (Wildman–Crippen MR) is 230 cm³/mol. The van der Waals surface area contributed by atoms with Crippen LogP contribution in [0.25, 0.3) is 58.8 Å². The first-order chi connectivity index (χ1) is 26.7. The van der Waals surface area contributed by atoms with Gasteiger partial charge in [-0.15, -0.1) is 11.3 Å². The number of aromatic nitrogens is 1. The lowest BCUT2D eigenvalue weighted by Gasteiger charge is -2.33. The summed E-state index contributed by atoms with van der Waals surface area (Å²) in [5.74, 6) is 0. The minimum absolute atomic E-state index is 0.777. The molecule has 0 fully saturated rings. The van der Waals surface area contributed by atoms with E-state index in [0.717, 1.165) is 44.9 Å². The van der Waals surface area contributed by atoms with Crippen molar-refractivity contribution in [2.24, 2.45) is 0 Å². The summed E-state index contributed by atoms with van der Waals surface area (Å²) in [6, 6.07) is 67.6. The van der Waals surface area contributed by atoms with E-state index in [1.54, 1.807) is 0 Å². The molecule has 1 atom stereocenters. The highest BCUT2D eigenvalue weighted by atomic mass is 32.1. The van der Waals surface area contributed by atoms with Crippen molar-refractivity contribution in [3.63, 3.8) is 0 Å². The Balaban J connectivity index is 1.06. The van der Waals surface area contributed by atoms with Crippen LogP contribution in [-0.2, 0) is 4.57 Å². The number of benzene rings is 8. The lowest BCUT2D eigenvalue weighted by atomic mass is 10.0. The van der Waals surface area contributed by atoms with E-state index in [0.29, 0.717) is 0 Å². The molecule has 3 heterocycles. The molecule has 0 saturated carbocycles. The van der Waals surface area contributed by atoms with E-state index >= 15 is 4.57 Å². The highest BCUT2D eigenvalue weighted by Gasteiger charge is 2.49. The molecule has 256 valence electrons. The minimum atomic E-state index is -3.43. The van der Waals surface area contributed by atoms with Crippen LogP contribution in [-0.4, -0.2) is 4.57 Å². The summed E-state index contributed by atoms with van der Waals surface area (Å²) in [7, 11) is -3.43. The van der Waals surface area contributed by atoms with Crippen molar-refractivity contribution in [3.05, 3.63) is 194 Å². The molecule has 11 rings (SSSR count). The number of rotatable bonds is 5. The fraction of sp³-hybridized carbons (Fsp3) is 0. The minimum Gasteiger partial charge on any atom is -0.309 e. The van der Waals surface area contributed by atoms with Crippen LogP contribution in [0.3, 0.4) is 0 Å². The summed E-state index contributed by atoms with van der Waals surface area (Å²) in [5.41, 5.74) is 9.26. The third kappa shape index (κ3) is 4.59. The first kappa shape index (κ1) is 31.2. The lowest BCUT2D eigenvalue weighted by molar-refractivity contribution is 0.582. The SMILES string of the molecule is O=P1(c2ccccc2)N(c2ccccc2)c2ccc(-c3ccc(-n4c5ccccc5c5cc6c(cc54)sc4ccccc46)cc3)cc2N1c1ccccc1. The van der Waals surface area contributed by atoms with Crippen molar-refractivity contribution in [3.8, 4) is 16.8 Å². The summed E-state index contributed by atoms with van der Waals surface area (Å²) in [5, 5.41) is 5.91. The van der Waals surface area contributed by atoms with Crippen molar-refractivity contribution >= 4 is 88.8 Å². The zero-order valence-corrected chi connectivity index (χ0v) is 30.8. The molecule has 1 aliphatic rings. The summed E-state index contributed by atoms with van der Waals surface area (Å²) in [6.45, 7) is 0. The highest BCUT2D eigenvalue weighted by molar-refractivity contribution is 7.76. The van der Waals surface area contributed by atoms with Gasteiger partial charge in [0.25, 0.3) is 0 Å². The average Bonchev–Trinajstić information content (AvgIpc) is 3.85. The highest BCUT2D eigenvalue weighted by Crippen LogP contribution is 2.70. The Labute approximate surface area is 316 Å². The number of anilines is 4. The molecule has 1 unspecified atom stereocenters. The van der Waals surface area contributed by atoms with Crippen LogP contribution in [0.5, 0.6) is 0 Å². The van der Waals surface area contributed by atoms with Gasteiger partial charge in [-0.1, -0.05) is 109 Å². The Hall–Kier alpha value is -6.39. The van der Waals surface area contributed by atoms with Crippen LogP contribution >= 0.6 is 18.8 Å². The van der Waals surface area contributed by atoms with Crippen LogP contribution in [0.1, 0.15) is 0 Å². The van der Waals surface area contributed by atoms with Crippen LogP contribution in [0.4, 0.5) is 22.7 Å². The van der Waals surface area contributed by atoms with E-state index in [2.05, 4.69) is 112 Å². The van der Waals surface area contributed by atoms with E-state index < -0.39 is 7.44 Å². The lowest BCUT2D eigenvalue weighted by Crippen LogP contribution is -2.26. The third-order valence-electron chi connectivity index (χ3n) is 10.7. The van der Waals surface area contributed by atoms with Gasteiger partial charge in [-0.2, -0.15) is 0 Å². The van der Waals surface area contributed by atoms with E-state index in [-0.39, 0.29) is 0 Å². The molecule has 0 aliphatic carbocycles. The van der Waals surface area contributed by atoms with Crippen molar-refractivity contribution in [1.29, 1.82) is 0 Å². The monoisotopic (exact) mass is 729 g/mol. The molecule has 6 heteroatoms. The fourth-order valence-electron chi connectivity index (χ4n) is 8.28. The smallest absolute Gasteiger partial charge is 0.301 e. The molecule has 1 aliphatic heterocycles. The van der Waals surface area contributed by atoms with Crippen molar-refractivity contribution in [1.82, 2.24) is 4.57 Å². The van der Waals surface area contributed by atoms with Crippen LogP contribution in [0.2, 0.25) is 0 Å². The van der Waals surface area contributed by atoms with E-state index in [4.69, 9.17) is 0 Å². The number of thiophene rings is 1. The van der Waals surface area contributed by atoms with Crippen molar-refractivity contribution < 1.29 is 4.57 Å². The number of fused-ring (bicyclic) bond motifs is 7. The topological polar surface area (TPSA) is 28.5 Å². The Bertz CT molecular complexity index is 3080. The van der Waals surface area contributed by atoms with Gasteiger partial charge in [-0.05, 0) is 96.1 Å². The molecule has 4 nitrogen and oxygen atoms in total. The quantitative estimate of drug-likeness (QED) is 0.165. The molecule has 0 saturated heterocycles. The number of para-hydroxylation sites is 3. The molecule has 0 radical (unpaired) electrons. The molecule has 0 bridgehead atoms. The number of nitrogens with zero attached hydrogens (tertiary/aromatic N) is 3. The molecule has 0 amide bonds. The van der Waals surface area contributed by atoms with Crippen LogP contribution in [0, 0.1) is 0 Å².